The lowest BCUT2D eigenvalue weighted by atomic mass is 9.96. The molecule has 0 unspecified atom stereocenters. The van der Waals surface area contributed by atoms with Gasteiger partial charge in [0, 0.05) is 24.9 Å². The van der Waals surface area contributed by atoms with E-state index in [9.17, 15) is 4.79 Å². The number of aromatic nitrogens is 2. The number of nitrogens with zero attached hydrogens (tertiary/aromatic N) is 1. The third-order valence-corrected chi connectivity index (χ3v) is 4.21. The predicted octanol–water partition coefficient (Wildman–Crippen LogP) is 1.89. The van der Waals surface area contributed by atoms with E-state index in [-0.39, 0.29) is 5.56 Å². The van der Waals surface area contributed by atoms with Crippen molar-refractivity contribution >= 4 is 11.3 Å². The summed E-state index contributed by atoms with van der Waals surface area (Å²) < 4.78 is 0. The summed E-state index contributed by atoms with van der Waals surface area (Å²) >= 11 is 1.67. The molecule has 1 fully saturated rings. The molecule has 5 heteroatoms. The van der Waals surface area contributed by atoms with Gasteiger partial charge in [0.1, 0.15) is 5.82 Å². The fourth-order valence-electron chi connectivity index (χ4n) is 2.51. The van der Waals surface area contributed by atoms with Gasteiger partial charge in [0.2, 0.25) is 0 Å². The minimum absolute atomic E-state index is 0.0409. The number of nitrogens with one attached hydrogen (secondary N) is 2. The molecule has 19 heavy (non-hydrogen) atoms. The standard InChI is InChI=1S/C14H17N3OS/c18-14-7-12(11-2-1-4-15-8-11)16-13(17-14)6-10-3-5-19-9-10/h3,5,7,9,11,15H,1-2,4,6,8H2,(H,16,17,18)/t11-/m0/s1. The van der Waals surface area contributed by atoms with Crippen LogP contribution in [0, 0.1) is 0 Å². The van der Waals surface area contributed by atoms with E-state index >= 15 is 0 Å². The van der Waals surface area contributed by atoms with E-state index in [0.717, 1.165) is 37.4 Å². The largest absolute Gasteiger partial charge is 0.316 e. The molecule has 0 saturated carbocycles. The first-order valence-electron chi connectivity index (χ1n) is 6.63. The van der Waals surface area contributed by atoms with Crippen LogP contribution in [-0.2, 0) is 6.42 Å². The summed E-state index contributed by atoms with van der Waals surface area (Å²) in [4.78, 5) is 19.3. The molecule has 3 rings (SSSR count). The maximum Gasteiger partial charge on any atom is 0.251 e. The second kappa shape index (κ2) is 5.67. The SMILES string of the molecule is O=c1cc([C@H]2CCCNC2)nc(Cc2ccsc2)[nH]1. The van der Waals surface area contributed by atoms with Gasteiger partial charge in [0.15, 0.2) is 0 Å². The van der Waals surface area contributed by atoms with Gasteiger partial charge >= 0.3 is 0 Å². The zero-order chi connectivity index (χ0) is 13.1. The molecule has 2 aromatic rings. The molecule has 0 bridgehead atoms. The van der Waals surface area contributed by atoms with Gasteiger partial charge in [-0.2, -0.15) is 11.3 Å². The zero-order valence-electron chi connectivity index (χ0n) is 10.7. The van der Waals surface area contributed by atoms with E-state index < -0.39 is 0 Å². The van der Waals surface area contributed by atoms with Crippen LogP contribution in [-0.4, -0.2) is 23.1 Å². The molecule has 1 atom stereocenters. The van der Waals surface area contributed by atoms with Gasteiger partial charge in [-0.3, -0.25) is 4.79 Å². The lowest BCUT2D eigenvalue weighted by molar-refractivity contribution is 0.453. The number of thiophene rings is 1. The number of hydrogen-bond donors (Lipinski definition) is 2. The van der Waals surface area contributed by atoms with Gasteiger partial charge < -0.3 is 10.3 Å². The summed E-state index contributed by atoms with van der Waals surface area (Å²) in [6.07, 6.45) is 2.97. The van der Waals surface area contributed by atoms with Crippen molar-refractivity contribution in [1.82, 2.24) is 15.3 Å². The lowest BCUT2D eigenvalue weighted by Gasteiger charge is -2.22. The van der Waals surface area contributed by atoms with Crippen LogP contribution in [0.1, 0.15) is 35.8 Å². The minimum atomic E-state index is -0.0409. The van der Waals surface area contributed by atoms with Gasteiger partial charge in [0.25, 0.3) is 5.56 Å². The van der Waals surface area contributed by atoms with Crippen molar-refractivity contribution in [2.24, 2.45) is 0 Å². The number of H-pyrrole nitrogens is 1. The number of aromatic amines is 1. The van der Waals surface area contributed by atoms with Gasteiger partial charge in [-0.1, -0.05) is 0 Å². The van der Waals surface area contributed by atoms with Crippen molar-refractivity contribution < 1.29 is 0 Å². The fraction of sp³-hybridized carbons (Fsp3) is 0.429. The first kappa shape index (κ1) is 12.6. The van der Waals surface area contributed by atoms with E-state index in [2.05, 4.69) is 26.7 Å². The maximum atomic E-state index is 11.8. The van der Waals surface area contributed by atoms with E-state index in [0.29, 0.717) is 12.3 Å². The Balaban J connectivity index is 1.85. The molecule has 1 aliphatic heterocycles. The van der Waals surface area contributed by atoms with E-state index in [1.165, 1.54) is 5.56 Å². The van der Waals surface area contributed by atoms with Crippen molar-refractivity contribution in [1.29, 1.82) is 0 Å². The molecule has 2 aromatic heterocycles. The van der Waals surface area contributed by atoms with E-state index in [1.54, 1.807) is 17.4 Å². The van der Waals surface area contributed by atoms with Crippen molar-refractivity contribution in [3.8, 4) is 0 Å². The quantitative estimate of drug-likeness (QED) is 0.899. The Bertz CT molecular complexity index is 585. The van der Waals surface area contributed by atoms with Crippen LogP contribution >= 0.6 is 11.3 Å². The van der Waals surface area contributed by atoms with Crippen molar-refractivity contribution in [2.45, 2.75) is 25.2 Å². The van der Waals surface area contributed by atoms with Crippen LogP contribution in [0.15, 0.2) is 27.7 Å². The number of piperidine rings is 1. The normalized spacial score (nSPS) is 19.5. The first-order valence-corrected chi connectivity index (χ1v) is 7.57. The fourth-order valence-corrected chi connectivity index (χ4v) is 3.18. The van der Waals surface area contributed by atoms with Gasteiger partial charge in [-0.25, -0.2) is 4.98 Å². The Morgan fingerprint density at radius 1 is 1.47 bits per heavy atom. The Morgan fingerprint density at radius 3 is 3.16 bits per heavy atom. The van der Waals surface area contributed by atoms with Crippen LogP contribution in [0.3, 0.4) is 0 Å². The third-order valence-electron chi connectivity index (χ3n) is 3.48. The molecule has 0 spiro atoms. The molecule has 0 radical (unpaired) electrons. The molecule has 4 nitrogen and oxygen atoms in total. The number of rotatable bonds is 3. The van der Waals surface area contributed by atoms with Crippen LogP contribution < -0.4 is 10.9 Å². The third kappa shape index (κ3) is 3.11. The van der Waals surface area contributed by atoms with Crippen LogP contribution in [0.25, 0.3) is 0 Å². The highest BCUT2D eigenvalue weighted by molar-refractivity contribution is 7.07. The predicted molar refractivity (Wildman–Crippen MR) is 76.8 cm³/mol. The molecule has 1 saturated heterocycles. The molecule has 3 heterocycles. The highest BCUT2D eigenvalue weighted by atomic mass is 32.1. The molecule has 1 aliphatic rings. The second-order valence-electron chi connectivity index (χ2n) is 4.97. The number of hydrogen-bond acceptors (Lipinski definition) is 4. The molecular weight excluding hydrogens is 258 g/mol. The molecule has 100 valence electrons. The Hall–Kier alpha value is -1.46. The van der Waals surface area contributed by atoms with Gasteiger partial charge in [-0.05, 0) is 41.8 Å². The summed E-state index contributed by atoms with van der Waals surface area (Å²) in [5.74, 6) is 1.14. The topological polar surface area (TPSA) is 57.8 Å². The van der Waals surface area contributed by atoms with Crippen LogP contribution in [0.5, 0.6) is 0 Å². The molecule has 0 amide bonds. The Kier molecular flexibility index (Phi) is 3.75. The van der Waals surface area contributed by atoms with E-state index in [1.807, 2.05) is 5.38 Å². The van der Waals surface area contributed by atoms with E-state index in [4.69, 9.17) is 0 Å². The molecule has 2 N–H and O–H groups in total. The smallest absolute Gasteiger partial charge is 0.251 e. The first-order chi connectivity index (χ1) is 9.31. The van der Waals surface area contributed by atoms with Crippen molar-refractivity contribution in [3.05, 3.63) is 50.3 Å². The summed E-state index contributed by atoms with van der Waals surface area (Å²) in [6.45, 7) is 2.00. The average Bonchev–Trinajstić information content (AvgIpc) is 2.92. The molecular formula is C14H17N3OS. The highest BCUT2D eigenvalue weighted by Crippen LogP contribution is 2.20. The maximum absolute atomic E-state index is 11.8. The molecule has 0 aromatic carbocycles. The summed E-state index contributed by atoms with van der Waals surface area (Å²) in [6, 6.07) is 3.72. The van der Waals surface area contributed by atoms with Crippen molar-refractivity contribution in [3.63, 3.8) is 0 Å². The Morgan fingerprint density at radius 2 is 2.42 bits per heavy atom. The second-order valence-corrected chi connectivity index (χ2v) is 5.75. The minimum Gasteiger partial charge on any atom is -0.316 e. The summed E-state index contributed by atoms with van der Waals surface area (Å²) in [5, 5.41) is 7.50. The Labute approximate surface area is 115 Å². The lowest BCUT2D eigenvalue weighted by Crippen LogP contribution is -2.30. The highest BCUT2D eigenvalue weighted by Gasteiger charge is 2.17. The summed E-state index contributed by atoms with van der Waals surface area (Å²) in [7, 11) is 0. The average molecular weight is 275 g/mol. The van der Waals surface area contributed by atoms with Crippen molar-refractivity contribution in [2.75, 3.05) is 13.1 Å². The monoisotopic (exact) mass is 275 g/mol. The zero-order valence-corrected chi connectivity index (χ0v) is 11.5. The van der Waals surface area contributed by atoms with Gasteiger partial charge in [0.05, 0.1) is 5.69 Å². The van der Waals surface area contributed by atoms with Gasteiger partial charge in [-0.15, -0.1) is 0 Å². The van der Waals surface area contributed by atoms with Crippen LogP contribution in [0.2, 0.25) is 0 Å². The van der Waals surface area contributed by atoms with Crippen LogP contribution in [0.4, 0.5) is 0 Å². The molecule has 0 aliphatic carbocycles. The summed E-state index contributed by atoms with van der Waals surface area (Å²) in [5.41, 5.74) is 2.09.